The molecule has 106 valence electrons. The molecular weight excluding hydrogens is 264 g/mol. The molecule has 1 fully saturated rings. The molecule has 0 saturated heterocycles. The van der Waals surface area contributed by atoms with Gasteiger partial charge in [-0.15, -0.1) is 0 Å². The van der Waals surface area contributed by atoms with Crippen molar-refractivity contribution < 1.29 is 9.21 Å². The van der Waals surface area contributed by atoms with E-state index < -0.39 is 0 Å². The Bertz CT molecular complexity index is 433. The number of nitrogens with zero attached hydrogens (tertiary/aromatic N) is 1. The number of hydrogen-bond donors (Lipinski definition) is 1. The third kappa shape index (κ3) is 2.95. The monoisotopic (exact) mass is 284 g/mol. The molecule has 1 aromatic rings. The van der Waals surface area contributed by atoms with Crippen LogP contribution in [0.3, 0.4) is 0 Å². The van der Waals surface area contributed by atoms with E-state index in [2.05, 4.69) is 0 Å². The van der Waals surface area contributed by atoms with Gasteiger partial charge in [0.15, 0.2) is 0 Å². The molecule has 0 radical (unpaired) electrons. The zero-order chi connectivity index (χ0) is 13.8. The minimum atomic E-state index is -0.0494. The number of hydrogen-bond acceptors (Lipinski definition) is 3. The summed E-state index contributed by atoms with van der Waals surface area (Å²) in [6.07, 6.45) is 5.94. The first-order valence-electron chi connectivity index (χ1n) is 6.93. The molecule has 2 N–H and O–H groups in total. The van der Waals surface area contributed by atoms with Crippen molar-refractivity contribution in [1.82, 2.24) is 4.90 Å². The van der Waals surface area contributed by atoms with E-state index in [4.69, 9.17) is 21.8 Å². The van der Waals surface area contributed by atoms with E-state index in [0.717, 1.165) is 19.3 Å². The predicted octanol–water partition coefficient (Wildman–Crippen LogP) is 2.91. The molecule has 0 bridgehead atoms. The summed E-state index contributed by atoms with van der Waals surface area (Å²) in [7, 11) is 0. The van der Waals surface area contributed by atoms with Gasteiger partial charge in [-0.05, 0) is 49.9 Å². The summed E-state index contributed by atoms with van der Waals surface area (Å²) in [5.41, 5.74) is 6.30. The first kappa shape index (κ1) is 14.4. The molecule has 1 saturated carbocycles. The molecule has 4 nitrogen and oxygen atoms in total. The highest BCUT2D eigenvalue weighted by Gasteiger charge is 2.32. The summed E-state index contributed by atoms with van der Waals surface area (Å²) in [4.78, 5) is 14.5. The molecule has 1 aliphatic rings. The first-order valence-corrected chi connectivity index (χ1v) is 7.30. The van der Waals surface area contributed by atoms with Gasteiger partial charge in [0, 0.05) is 12.6 Å². The van der Waals surface area contributed by atoms with Crippen molar-refractivity contribution in [1.29, 1.82) is 0 Å². The molecule has 1 heterocycles. The van der Waals surface area contributed by atoms with Crippen molar-refractivity contribution in [2.75, 3.05) is 13.1 Å². The van der Waals surface area contributed by atoms with Crippen LogP contribution < -0.4 is 5.73 Å². The zero-order valence-electron chi connectivity index (χ0n) is 11.3. The fourth-order valence-corrected chi connectivity index (χ4v) is 3.20. The van der Waals surface area contributed by atoms with Crippen LogP contribution in [-0.4, -0.2) is 29.9 Å². The lowest BCUT2D eigenvalue weighted by atomic mass is 9.83. The number of halogens is 1. The maximum absolute atomic E-state index is 12.6. The maximum atomic E-state index is 12.6. The average molecular weight is 285 g/mol. The van der Waals surface area contributed by atoms with Crippen LogP contribution in [-0.2, 0) is 0 Å². The van der Waals surface area contributed by atoms with Crippen LogP contribution in [0.2, 0.25) is 5.22 Å². The molecule has 1 aliphatic carbocycles. The Balaban J connectivity index is 2.19. The molecular formula is C14H21ClN2O2. The van der Waals surface area contributed by atoms with Gasteiger partial charge in [-0.25, -0.2) is 0 Å². The number of carbonyl (C=O) groups is 1. The Morgan fingerprint density at radius 2 is 2.26 bits per heavy atom. The van der Waals surface area contributed by atoms with Crippen molar-refractivity contribution >= 4 is 17.5 Å². The summed E-state index contributed by atoms with van der Waals surface area (Å²) in [5, 5.41) is 0.170. The fourth-order valence-electron chi connectivity index (χ4n) is 3.00. The fraction of sp³-hybridized carbons (Fsp3) is 0.643. The number of furan rings is 1. The SMILES string of the molecule is CCN(C(=O)c1ccoc1Cl)C1CCCCC1CN. The van der Waals surface area contributed by atoms with Crippen LogP contribution in [0, 0.1) is 5.92 Å². The minimum absolute atomic E-state index is 0.0494. The van der Waals surface area contributed by atoms with E-state index >= 15 is 0 Å². The molecule has 2 atom stereocenters. The van der Waals surface area contributed by atoms with Gasteiger partial charge in [-0.1, -0.05) is 12.8 Å². The standard InChI is InChI=1S/C14H21ClN2O2/c1-2-17(12-6-4-3-5-10(12)9-16)14(18)11-7-8-19-13(11)15/h7-8,10,12H,2-6,9,16H2,1H3. The largest absolute Gasteiger partial charge is 0.452 e. The quantitative estimate of drug-likeness (QED) is 0.925. The third-order valence-corrected chi connectivity index (χ3v) is 4.31. The van der Waals surface area contributed by atoms with Gasteiger partial charge in [0.25, 0.3) is 5.91 Å². The smallest absolute Gasteiger partial charge is 0.258 e. The maximum Gasteiger partial charge on any atom is 0.258 e. The number of nitrogens with two attached hydrogens (primary N) is 1. The van der Waals surface area contributed by atoms with Gasteiger partial charge >= 0.3 is 0 Å². The normalized spacial score (nSPS) is 23.3. The van der Waals surface area contributed by atoms with Crippen LogP contribution in [0.4, 0.5) is 0 Å². The highest BCUT2D eigenvalue weighted by molar-refractivity contribution is 6.32. The highest BCUT2D eigenvalue weighted by atomic mass is 35.5. The van der Waals surface area contributed by atoms with Gasteiger partial charge in [-0.2, -0.15) is 0 Å². The molecule has 2 rings (SSSR count). The van der Waals surface area contributed by atoms with E-state index in [1.807, 2.05) is 11.8 Å². The minimum Gasteiger partial charge on any atom is -0.452 e. The molecule has 0 spiro atoms. The summed E-state index contributed by atoms with van der Waals surface area (Å²) in [6, 6.07) is 1.86. The van der Waals surface area contributed by atoms with Gasteiger partial charge in [0.1, 0.15) is 0 Å². The Morgan fingerprint density at radius 3 is 2.84 bits per heavy atom. The van der Waals surface area contributed by atoms with Gasteiger partial charge in [0.2, 0.25) is 5.22 Å². The summed E-state index contributed by atoms with van der Waals surface area (Å²) < 4.78 is 5.01. The molecule has 1 amide bonds. The second-order valence-electron chi connectivity index (χ2n) is 5.05. The Labute approximate surface area is 118 Å². The van der Waals surface area contributed by atoms with Crippen molar-refractivity contribution in [2.24, 2.45) is 11.7 Å². The predicted molar refractivity (Wildman–Crippen MR) is 75.2 cm³/mol. The summed E-state index contributed by atoms with van der Waals surface area (Å²) in [5.74, 6) is 0.343. The average Bonchev–Trinajstić information content (AvgIpc) is 2.86. The lowest BCUT2D eigenvalue weighted by molar-refractivity contribution is 0.0559. The van der Waals surface area contributed by atoms with Gasteiger partial charge in [-0.3, -0.25) is 4.79 Å². The molecule has 5 heteroatoms. The molecule has 1 aromatic heterocycles. The lowest BCUT2D eigenvalue weighted by Crippen LogP contribution is -2.48. The van der Waals surface area contributed by atoms with Crippen molar-refractivity contribution in [3.8, 4) is 0 Å². The van der Waals surface area contributed by atoms with Crippen molar-refractivity contribution in [3.05, 3.63) is 23.1 Å². The molecule has 0 aliphatic heterocycles. The Hall–Kier alpha value is -1.00. The van der Waals surface area contributed by atoms with Gasteiger partial charge < -0.3 is 15.1 Å². The number of amides is 1. The van der Waals surface area contributed by atoms with Crippen molar-refractivity contribution in [3.63, 3.8) is 0 Å². The second-order valence-corrected chi connectivity index (χ2v) is 5.39. The Kier molecular flexibility index (Phi) is 4.88. The topological polar surface area (TPSA) is 59.5 Å². The van der Waals surface area contributed by atoms with Crippen molar-refractivity contribution in [2.45, 2.75) is 38.6 Å². The van der Waals surface area contributed by atoms with E-state index in [1.165, 1.54) is 12.7 Å². The highest BCUT2D eigenvalue weighted by Crippen LogP contribution is 2.30. The second kappa shape index (κ2) is 6.44. The molecule has 0 aromatic carbocycles. The van der Waals surface area contributed by atoms with E-state index in [-0.39, 0.29) is 17.2 Å². The van der Waals surface area contributed by atoms with E-state index in [9.17, 15) is 4.79 Å². The van der Waals surface area contributed by atoms with Crippen LogP contribution in [0.1, 0.15) is 43.0 Å². The number of rotatable bonds is 4. The lowest BCUT2D eigenvalue weighted by Gasteiger charge is -2.39. The number of carbonyl (C=O) groups excluding carboxylic acids is 1. The van der Waals surface area contributed by atoms with Crippen LogP contribution in [0.5, 0.6) is 0 Å². The summed E-state index contributed by atoms with van der Waals surface area (Å²) >= 11 is 5.91. The summed E-state index contributed by atoms with van der Waals surface area (Å²) in [6.45, 7) is 3.29. The zero-order valence-corrected chi connectivity index (χ0v) is 12.0. The first-order chi connectivity index (χ1) is 9.19. The molecule has 2 unspecified atom stereocenters. The third-order valence-electron chi connectivity index (χ3n) is 4.02. The Morgan fingerprint density at radius 1 is 1.53 bits per heavy atom. The van der Waals surface area contributed by atoms with Crippen LogP contribution in [0.25, 0.3) is 0 Å². The van der Waals surface area contributed by atoms with Crippen LogP contribution >= 0.6 is 11.6 Å². The van der Waals surface area contributed by atoms with E-state index in [0.29, 0.717) is 24.6 Å². The van der Waals surface area contributed by atoms with E-state index in [1.54, 1.807) is 6.07 Å². The van der Waals surface area contributed by atoms with Gasteiger partial charge in [0.05, 0.1) is 11.8 Å². The van der Waals surface area contributed by atoms with Crippen LogP contribution in [0.15, 0.2) is 16.7 Å². The molecule has 19 heavy (non-hydrogen) atoms.